The largest absolute Gasteiger partial charge is 0.415 e. The molecule has 1 N–H and O–H groups in total. The maximum Gasteiger partial charge on any atom is 0.415 e. The molecule has 5 rings (SSSR count). The van der Waals surface area contributed by atoms with E-state index in [1.165, 1.54) is 5.56 Å². The number of carbonyl (C=O) groups is 2. The van der Waals surface area contributed by atoms with Gasteiger partial charge in [-0.05, 0) is 42.0 Å². The molecule has 0 radical (unpaired) electrons. The van der Waals surface area contributed by atoms with Crippen LogP contribution in [0.4, 0.5) is 10.5 Å². The summed E-state index contributed by atoms with van der Waals surface area (Å²) < 4.78 is 12.5. The van der Waals surface area contributed by atoms with Gasteiger partial charge in [-0.15, -0.1) is 0 Å². The van der Waals surface area contributed by atoms with Gasteiger partial charge in [-0.1, -0.05) is 12.1 Å². The monoisotopic (exact) mass is 505 g/mol. The fraction of sp³-hybridized carbons (Fsp3) is 0.370. The Kier molecular flexibility index (Phi) is 7.97. The van der Waals surface area contributed by atoms with Crippen LogP contribution in [0.3, 0.4) is 0 Å². The van der Waals surface area contributed by atoms with E-state index in [9.17, 15) is 9.59 Å². The number of amides is 2. The van der Waals surface area contributed by atoms with Crippen molar-refractivity contribution in [3.63, 3.8) is 0 Å². The van der Waals surface area contributed by atoms with E-state index in [0.29, 0.717) is 42.9 Å². The molecule has 2 aromatic carbocycles. The van der Waals surface area contributed by atoms with Crippen molar-refractivity contribution in [2.75, 3.05) is 44.7 Å². The number of hydrogen-bond acceptors (Lipinski definition) is 7. The third-order valence-electron chi connectivity index (χ3n) is 6.49. The summed E-state index contributed by atoms with van der Waals surface area (Å²) in [7, 11) is 0. The van der Waals surface area contributed by atoms with Crippen LogP contribution in [-0.2, 0) is 11.3 Å². The quantitative estimate of drug-likeness (QED) is 0.527. The standard InChI is InChI=1S/C27H31N5O5/c33-26(22-3-1-21(2-4-22)19-30-15-17-35-18-16-30)29-23-5-7-24(8-6-23)36-27(34)31-12-9-25(10-13-31)37-32-14-11-28-20-32/h1-8,11,14,20,25H,9-10,12-13,15-19H2,(H,29,33). The van der Waals surface area contributed by atoms with Crippen LogP contribution in [0.1, 0.15) is 28.8 Å². The van der Waals surface area contributed by atoms with Crippen molar-refractivity contribution in [3.8, 4) is 5.75 Å². The highest BCUT2D eigenvalue weighted by Crippen LogP contribution is 2.19. The first kappa shape index (κ1) is 24.8. The van der Waals surface area contributed by atoms with E-state index < -0.39 is 6.09 Å². The van der Waals surface area contributed by atoms with Gasteiger partial charge >= 0.3 is 6.09 Å². The minimum atomic E-state index is -0.393. The van der Waals surface area contributed by atoms with Gasteiger partial charge in [0, 0.05) is 63.0 Å². The van der Waals surface area contributed by atoms with Gasteiger partial charge < -0.3 is 24.5 Å². The molecule has 3 aromatic rings. The maximum absolute atomic E-state index is 12.7. The van der Waals surface area contributed by atoms with Gasteiger partial charge in [0.15, 0.2) is 0 Å². The Balaban J connectivity index is 1.07. The van der Waals surface area contributed by atoms with Crippen LogP contribution in [0.25, 0.3) is 0 Å². The van der Waals surface area contributed by atoms with Gasteiger partial charge in [-0.2, -0.15) is 4.73 Å². The van der Waals surface area contributed by atoms with Crippen LogP contribution in [0.5, 0.6) is 5.75 Å². The van der Waals surface area contributed by atoms with Gasteiger partial charge in [-0.3, -0.25) is 9.69 Å². The van der Waals surface area contributed by atoms with E-state index in [1.54, 1.807) is 52.6 Å². The Labute approximate surface area is 215 Å². The van der Waals surface area contributed by atoms with Crippen molar-refractivity contribution < 1.29 is 23.9 Å². The zero-order valence-corrected chi connectivity index (χ0v) is 20.6. The second kappa shape index (κ2) is 11.9. The average molecular weight is 506 g/mol. The number of piperidine rings is 1. The van der Waals surface area contributed by atoms with Crippen molar-refractivity contribution in [1.82, 2.24) is 19.5 Å². The van der Waals surface area contributed by atoms with Gasteiger partial charge in [0.25, 0.3) is 5.91 Å². The second-order valence-corrected chi connectivity index (χ2v) is 9.15. The summed E-state index contributed by atoms with van der Waals surface area (Å²) >= 11 is 0. The summed E-state index contributed by atoms with van der Waals surface area (Å²) in [5, 5.41) is 2.89. The molecular weight excluding hydrogens is 474 g/mol. The molecule has 2 amide bonds. The van der Waals surface area contributed by atoms with E-state index in [0.717, 1.165) is 32.8 Å². The van der Waals surface area contributed by atoms with E-state index in [-0.39, 0.29) is 12.0 Å². The normalized spacial score (nSPS) is 16.8. The summed E-state index contributed by atoms with van der Waals surface area (Å²) in [5.41, 5.74) is 2.38. The molecule has 0 atom stereocenters. The highest BCUT2D eigenvalue weighted by atomic mass is 16.7. The smallest absolute Gasteiger partial charge is 0.410 e. The summed E-state index contributed by atoms with van der Waals surface area (Å²) in [6.07, 6.45) is 6.08. The van der Waals surface area contributed by atoms with Crippen molar-refractivity contribution in [3.05, 3.63) is 78.4 Å². The number of aromatic nitrogens is 2. The molecular formula is C27H31N5O5. The minimum Gasteiger partial charge on any atom is -0.410 e. The molecule has 2 aliphatic heterocycles. The summed E-state index contributed by atoms with van der Waals surface area (Å²) in [5.74, 6) is 0.232. The van der Waals surface area contributed by atoms with E-state index in [1.807, 2.05) is 24.3 Å². The lowest BCUT2D eigenvalue weighted by molar-refractivity contribution is -0.0000216. The summed E-state index contributed by atoms with van der Waals surface area (Å²) in [4.78, 5) is 39.0. The van der Waals surface area contributed by atoms with E-state index in [4.69, 9.17) is 14.3 Å². The van der Waals surface area contributed by atoms with Gasteiger partial charge in [-0.25, -0.2) is 9.78 Å². The predicted octanol–water partition coefficient (Wildman–Crippen LogP) is 3.06. The Hall–Kier alpha value is -3.89. The van der Waals surface area contributed by atoms with Crippen LogP contribution in [0.2, 0.25) is 0 Å². The molecule has 0 unspecified atom stereocenters. The summed E-state index contributed by atoms with van der Waals surface area (Å²) in [6.45, 7) is 5.33. The van der Waals surface area contributed by atoms with Crippen LogP contribution < -0.4 is 14.9 Å². The molecule has 2 aliphatic rings. The maximum atomic E-state index is 12.7. The number of rotatable bonds is 7. The van der Waals surface area contributed by atoms with Gasteiger partial charge in [0.05, 0.1) is 19.4 Å². The molecule has 2 fully saturated rings. The number of carbonyl (C=O) groups excluding carboxylic acids is 2. The lowest BCUT2D eigenvalue weighted by Crippen LogP contribution is -2.44. The Morgan fingerprint density at radius 3 is 2.38 bits per heavy atom. The highest BCUT2D eigenvalue weighted by molar-refractivity contribution is 6.04. The zero-order valence-electron chi connectivity index (χ0n) is 20.6. The molecule has 10 heteroatoms. The summed E-state index contributed by atoms with van der Waals surface area (Å²) in [6, 6.07) is 14.4. The molecule has 0 saturated carbocycles. The van der Waals surface area contributed by atoms with Gasteiger partial charge in [0.1, 0.15) is 18.2 Å². The number of nitrogens with zero attached hydrogens (tertiary/aromatic N) is 4. The van der Waals surface area contributed by atoms with Crippen molar-refractivity contribution in [1.29, 1.82) is 0 Å². The average Bonchev–Trinajstić information content (AvgIpc) is 3.44. The number of ether oxygens (including phenoxy) is 2. The van der Waals surface area contributed by atoms with E-state index >= 15 is 0 Å². The third kappa shape index (κ3) is 6.87. The first-order chi connectivity index (χ1) is 18.1. The molecule has 3 heterocycles. The molecule has 2 saturated heterocycles. The molecule has 0 bridgehead atoms. The molecule has 37 heavy (non-hydrogen) atoms. The van der Waals surface area contributed by atoms with Gasteiger partial charge in [0.2, 0.25) is 0 Å². The Bertz CT molecular complexity index is 1150. The number of likely N-dealkylation sites (tertiary alicyclic amines) is 1. The first-order valence-electron chi connectivity index (χ1n) is 12.5. The SMILES string of the molecule is O=C(Nc1ccc(OC(=O)N2CCC(On3ccnc3)CC2)cc1)c1ccc(CN2CCOCC2)cc1. The molecule has 0 aliphatic carbocycles. The molecule has 10 nitrogen and oxygen atoms in total. The fourth-order valence-corrected chi connectivity index (χ4v) is 4.38. The topological polar surface area (TPSA) is 98.2 Å². The van der Waals surface area contributed by atoms with Crippen LogP contribution in [-0.4, -0.2) is 77.0 Å². The predicted molar refractivity (Wildman–Crippen MR) is 136 cm³/mol. The van der Waals surface area contributed by atoms with Crippen LogP contribution >= 0.6 is 0 Å². The van der Waals surface area contributed by atoms with Crippen molar-refractivity contribution in [2.24, 2.45) is 0 Å². The van der Waals surface area contributed by atoms with E-state index in [2.05, 4.69) is 15.2 Å². The number of anilines is 1. The van der Waals surface area contributed by atoms with Crippen molar-refractivity contribution in [2.45, 2.75) is 25.5 Å². The second-order valence-electron chi connectivity index (χ2n) is 9.15. The number of morpholine rings is 1. The first-order valence-corrected chi connectivity index (χ1v) is 12.5. The third-order valence-corrected chi connectivity index (χ3v) is 6.49. The lowest BCUT2D eigenvalue weighted by Gasteiger charge is -2.31. The molecule has 1 aromatic heterocycles. The van der Waals surface area contributed by atoms with Crippen LogP contribution in [0.15, 0.2) is 67.3 Å². The Morgan fingerprint density at radius 1 is 0.973 bits per heavy atom. The van der Waals surface area contributed by atoms with Crippen molar-refractivity contribution >= 4 is 17.7 Å². The molecule has 0 spiro atoms. The number of imidazole rings is 1. The number of nitrogens with one attached hydrogen (secondary N) is 1. The number of benzene rings is 2. The fourth-order valence-electron chi connectivity index (χ4n) is 4.38. The zero-order chi connectivity index (χ0) is 25.5. The van der Waals surface area contributed by atoms with Crippen LogP contribution in [0, 0.1) is 0 Å². The highest BCUT2D eigenvalue weighted by Gasteiger charge is 2.25. The lowest BCUT2D eigenvalue weighted by atomic mass is 10.1. The minimum absolute atomic E-state index is 0.0297. The molecule has 194 valence electrons. The number of hydrogen-bond donors (Lipinski definition) is 1. The Morgan fingerprint density at radius 2 is 1.70 bits per heavy atom.